The number of anilines is 2. The van der Waals surface area contributed by atoms with Gasteiger partial charge >= 0.3 is 0 Å². The molecule has 6 nitrogen and oxygen atoms in total. The summed E-state index contributed by atoms with van der Waals surface area (Å²) < 4.78 is 13.1. The lowest BCUT2D eigenvalue weighted by Crippen LogP contribution is -2.53. The lowest BCUT2D eigenvalue weighted by Gasteiger charge is -2.37. The van der Waals surface area contributed by atoms with Crippen molar-refractivity contribution in [3.8, 4) is 12.3 Å². The molecule has 1 aliphatic heterocycles. The van der Waals surface area contributed by atoms with Gasteiger partial charge < -0.3 is 20.4 Å². The molecular formula is C22H25FIN5O. The van der Waals surface area contributed by atoms with Crippen molar-refractivity contribution in [3.63, 3.8) is 0 Å². The van der Waals surface area contributed by atoms with Crippen LogP contribution in [0, 0.1) is 18.2 Å². The molecule has 8 heteroatoms. The zero-order valence-electron chi connectivity index (χ0n) is 16.8. The minimum absolute atomic E-state index is 0. The van der Waals surface area contributed by atoms with E-state index in [0.717, 1.165) is 31.9 Å². The van der Waals surface area contributed by atoms with Gasteiger partial charge in [-0.15, -0.1) is 30.4 Å². The topological polar surface area (TPSA) is 60.0 Å². The lowest BCUT2D eigenvalue weighted by molar-refractivity contribution is -0.115. The average molecular weight is 521 g/mol. The molecule has 0 aromatic heterocycles. The molecule has 1 saturated heterocycles. The van der Waals surface area contributed by atoms with E-state index in [1.807, 2.05) is 0 Å². The van der Waals surface area contributed by atoms with Crippen molar-refractivity contribution in [1.29, 1.82) is 0 Å². The third kappa shape index (κ3) is 6.35. The number of rotatable bonds is 4. The molecule has 1 heterocycles. The van der Waals surface area contributed by atoms with Gasteiger partial charge in [0.25, 0.3) is 0 Å². The summed E-state index contributed by atoms with van der Waals surface area (Å²) in [5.74, 6) is 2.81. The minimum atomic E-state index is -0.235. The van der Waals surface area contributed by atoms with Gasteiger partial charge in [-0.05, 0) is 42.5 Å². The summed E-state index contributed by atoms with van der Waals surface area (Å²) in [5.41, 5.74) is 2.38. The van der Waals surface area contributed by atoms with Gasteiger partial charge in [-0.25, -0.2) is 4.39 Å². The van der Waals surface area contributed by atoms with Gasteiger partial charge in [0.05, 0.1) is 6.54 Å². The fraction of sp³-hybridized carbons (Fsp3) is 0.273. The molecule has 2 N–H and O–H groups in total. The van der Waals surface area contributed by atoms with Gasteiger partial charge in [0, 0.05) is 50.2 Å². The van der Waals surface area contributed by atoms with E-state index in [0.29, 0.717) is 17.2 Å². The summed E-state index contributed by atoms with van der Waals surface area (Å²) in [4.78, 5) is 20.8. The maximum Gasteiger partial charge on any atom is 0.243 e. The third-order valence-corrected chi connectivity index (χ3v) is 4.70. The van der Waals surface area contributed by atoms with Crippen molar-refractivity contribution >= 4 is 47.2 Å². The van der Waals surface area contributed by atoms with Crippen LogP contribution in [-0.2, 0) is 4.79 Å². The second-order valence-electron chi connectivity index (χ2n) is 6.62. The summed E-state index contributed by atoms with van der Waals surface area (Å²) in [7, 11) is 1.70. The molecule has 3 rings (SSSR count). The summed E-state index contributed by atoms with van der Waals surface area (Å²) >= 11 is 0. The Balaban J connectivity index is 0.00000320. The fourth-order valence-corrected chi connectivity index (χ4v) is 3.21. The predicted molar refractivity (Wildman–Crippen MR) is 130 cm³/mol. The van der Waals surface area contributed by atoms with Crippen LogP contribution in [0.5, 0.6) is 0 Å². The molecule has 1 amide bonds. The highest BCUT2D eigenvalue weighted by molar-refractivity contribution is 14.0. The molecular weight excluding hydrogens is 496 g/mol. The largest absolute Gasteiger partial charge is 0.368 e. The van der Waals surface area contributed by atoms with Crippen molar-refractivity contribution in [2.45, 2.75) is 0 Å². The number of guanidine groups is 1. The minimum Gasteiger partial charge on any atom is -0.368 e. The monoisotopic (exact) mass is 521 g/mol. The van der Waals surface area contributed by atoms with Gasteiger partial charge in [0.1, 0.15) is 5.82 Å². The summed E-state index contributed by atoms with van der Waals surface area (Å²) in [6, 6.07) is 13.7. The van der Waals surface area contributed by atoms with Crippen LogP contribution in [0.4, 0.5) is 15.8 Å². The highest BCUT2D eigenvalue weighted by atomic mass is 127. The molecule has 1 aliphatic rings. The standard InChI is InChI=1S/C22H24FN5O.HI/c1-3-17-5-4-6-19(15-17)26-21(29)16-25-22(24-2)28-13-11-27(12-14-28)20-9-7-18(23)8-10-20;/h1,4-10,15H,11-14,16H2,2H3,(H,24,25)(H,26,29);1H. The third-order valence-electron chi connectivity index (χ3n) is 4.70. The van der Waals surface area contributed by atoms with Crippen LogP contribution in [-0.4, -0.2) is 56.5 Å². The molecule has 0 unspecified atom stereocenters. The first-order chi connectivity index (χ1) is 14.1. The van der Waals surface area contributed by atoms with E-state index in [-0.39, 0.29) is 42.2 Å². The number of carbonyl (C=O) groups is 1. The maximum atomic E-state index is 13.1. The first-order valence-electron chi connectivity index (χ1n) is 9.41. The van der Waals surface area contributed by atoms with Crippen LogP contribution < -0.4 is 15.5 Å². The van der Waals surface area contributed by atoms with E-state index in [9.17, 15) is 9.18 Å². The number of terminal acetylenes is 1. The Morgan fingerprint density at radius 2 is 1.87 bits per heavy atom. The van der Waals surface area contributed by atoms with Gasteiger partial charge in [-0.1, -0.05) is 12.0 Å². The lowest BCUT2D eigenvalue weighted by atomic mass is 10.2. The van der Waals surface area contributed by atoms with E-state index in [1.165, 1.54) is 12.1 Å². The molecule has 0 saturated carbocycles. The van der Waals surface area contributed by atoms with Crippen molar-refractivity contribution < 1.29 is 9.18 Å². The van der Waals surface area contributed by atoms with Crippen LogP contribution in [0.2, 0.25) is 0 Å². The Morgan fingerprint density at radius 1 is 1.17 bits per heavy atom. The molecule has 0 aliphatic carbocycles. The Bertz CT molecular complexity index is 918. The molecule has 0 atom stereocenters. The first kappa shape index (κ1) is 23.5. The number of carbonyl (C=O) groups excluding carboxylic acids is 1. The van der Waals surface area contributed by atoms with Crippen LogP contribution in [0.1, 0.15) is 5.56 Å². The summed E-state index contributed by atoms with van der Waals surface area (Å²) in [6.07, 6.45) is 5.39. The van der Waals surface area contributed by atoms with Gasteiger partial charge in [0.2, 0.25) is 5.91 Å². The molecule has 0 bridgehead atoms. The van der Waals surface area contributed by atoms with E-state index >= 15 is 0 Å². The number of hydrogen-bond acceptors (Lipinski definition) is 3. The first-order valence-corrected chi connectivity index (χ1v) is 9.41. The van der Waals surface area contributed by atoms with E-state index in [4.69, 9.17) is 6.42 Å². The summed E-state index contributed by atoms with van der Waals surface area (Å²) in [6.45, 7) is 3.19. The number of hydrogen-bond donors (Lipinski definition) is 2. The number of amides is 1. The highest BCUT2D eigenvalue weighted by Gasteiger charge is 2.20. The van der Waals surface area contributed by atoms with Crippen LogP contribution in [0.25, 0.3) is 0 Å². The number of nitrogens with zero attached hydrogens (tertiary/aromatic N) is 3. The Kier molecular flexibility index (Phi) is 8.92. The smallest absolute Gasteiger partial charge is 0.243 e. The molecule has 0 radical (unpaired) electrons. The van der Waals surface area contributed by atoms with Crippen molar-refractivity contribution in [1.82, 2.24) is 10.2 Å². The van der Waals surface area contributed by atoms with Crippen LogP contribution in [0.15, 0.2) is 53.5 Å². The zero-order valence-corrected chi connectivity index (χ0v) is 19.1. The molecule has 0 spiro atoms. The number of piperazine rings is 1. The second-order valence-corrected chi connectivity index (χ2v) is 6.62. The number of nitrogens with one attached hydrogen (secondary N) is 2. The SMILES string of the molecule is C#Cc1cccc(NC(=O)CNC(=NC)N2CCN(c3ccc(F)cc3)CC2)c1.I. The van der Waals surface area contributed by atoms with Crippen molar-refractivity contribution in [3.05, 3.63) is 59.9 Å². The molecule has 1 fully saturated rings. The second kappa shape index (κ2) is 11.4. The molecule has 2 aromatic rings. The fourth-order valence-electron chi connectivity index (χ4n) is 3.21. The Hall–Kier alpha value is -2.80. The van der Waals surface area contributed by atoms with E-state index in [1.54, 1.807) is 43.4 Å². The number of halogens is 2. The maximum absolute atomic E-state index is 13.1. The zero-order chi connectivity index (χ0) is 20.6. The predicted octanol–water partition coefficient (Wildman–Crippen LogP) is 2.76. The van der Waals surface area contributed by atoms with Crippen LogP contribution >= 0.6 is 24.0 Å². The van der Waals surface area contributed by atoms with Gasteiger partial charge in [-0.3, -0.25) is 9.79 Å². The van der Waals surface area contributed by atoms with E-state index in [2.05, 4.69) is 31.3 Å². The molecule has 2 aromatic carbocycles. The summed E-state index contributed by atoms with van der Waals surface area (Å²) in [5, 5.41) is 5.93. The van der Waals surface area contributed by atoms with Gasteiger partial charge in [-0.2, -0.15) is 0 Å². The number of benzene rings is 2. The average Bonchev–Trinajstić information content (AvgIpc) is 2.75. The van der Waals surface area contributed by atoms with Crippen molar-refractivity contribution in [2.75, 3.05) is 50.0 Å². The van der Waals surface area contributed by atoms with Crippen LogP contribution in [0.3, 0.4) is 0 Å². The molecule has 30 heavy (non-hydrogen) atoms. The Morgan fingerprint density at radius 3 is 2.50 bits per heavy atom. The van der Waals surface area contributed by atoms with E-state index < -0.39 is 0 Å². The quantitative estimate of drug-likeness (QED) is 0.281. The van der Waals surface area contributed by atoms with Crippen molar-refractivity contribution in [2.24, 2.45) is 4.99 Å². The van der Waals surface area contributed by atoms with Gasteiger partial charge in [0.15, 0.2) is 5.96 Å². The normalized spacial score (nSPS) is 13.8. The highest BCUT2D eigenvalue weighted by Crippen LogP contribution is 2.17. The number of aliphatic imine (C=N–C) groups is 1. The Labute approximate surface area is 193 Å². The molecule has 158 valence electrons.